The molecule has 0 radical (unpaired) electrons. The van der Waals surface area contributed by atoms with Crippen molar-refractivity contribution in [3.63, 3.8) is 0 Å². The van der Waals surface area contributed by atoms with E-state index in [-0.39, 0.29) is 27.8 Å². The minimum atomic E-state index is -5.34. The number of halogens is 12. The van der Waals surface area contributed by atoms with Gasteiger partial charge < -0.3 is 24.1 Å². The highest BCUT2D eigenvalue weighted by Crippen LogP contribution is 2.48. The summed E-state index contributed by atoms with van der Waals surface area (Å²) in [6.07, 6.45) is -21.3. The predicted octanol–water partition coefficient (Wildman–Crippen LogP) is 12.3. The summed E-state index contributed by atoms with van der Waals surface area (Å²) >= 11 is 0. The van der Waals surface area contributed by atoms with Crippen LogP contribution in [0.4, 0.5) is 52.7 Å². The molecule has 0 aliphatic carbocycles. The minimum absolute atomic E-state index is 0.00586. The second-order valence-corrected chi connectivity index (χ2v) is 11.2. The monoisotopic (exact) mass is 758 g/mol. The fourth-order valence-electron chi connectivity index (χ4n) is 5.75. The second-order valence-electron chi connectivity index (χ2n) is 11.2. The summed E-state index contributed by atoms with van der Waals surface area (Å²) in [5, 5.41) is 13.2. The van der Waals surface area contributed by atoms with Gasteiger partial charge >= 0.3 is 25.4 Å². The van der Waals surface area contributed by atoms with Gasteiger partial charge in [-0.1, -0.05) is 48.5 Å². The van der Waals surface area contributed by atoms with Crippen LogP contribution in [0.25, 0.3) is 54.9 Å². The summed E-state index contributed by atoms with van der Waals surface area (Å²) < 4.78 is 174. The number of benzene rings is 6. The highest BCUT2D eigenvalue weighted by molar-refractivity contribution is 6.11. The zero-order chi connectivity index (χ0) is 38.5. The Bertz CT molecular complexity index is 2260. The third-order valence-electron chi connectivity index (χ3n) is 7.49. The van der Waals surface area contributed by atoms with Crippen molar-refractivity contribution in [1.82, 2.24) is 0 Å². The summed E-state index contributed by atoms with van der Waals surface area (Å²) in [5.41, 5.74) is -0.914. The standard InChI is InChI=1S/C36H18F12O5/c37-33(38,39)50-23-10-21(11-24(16-23)51-34(40,41)42)20-9-18-5-1-3-7-27(18)30(15-20)31-28-8-4-2-6-19(28)14-29(32(31)49)22-12-25(52-35(43,44)45)17-26(13-22)53-36(46,47)48/h1-17,49H. The predicted molar refractivity (Wildman–Crippen MR) is 166 cm³/mol. The van der Waals surface area contributed by atoms with Crippen molar-refractivity contribution >= 4 is 21.5 Å². The van der Waals surface area contributed by atoms with Crippen LogP contribution < -0.4 is 18.9 Å². The molecule has 0 saturated carbocycles. The smallest absolute Gasteiger partial charge is 0.507 e. The molecule has 6 aromatic rings. The van der Waals surface area contributed by atoms with Gasteiger partial charge in [0.2, 0.25) is 0 Å². The molecule has 0 bridgehead atoms. The number of alkyl halides is 12. The molecule has 0 aromatic heterocycles. The van der Waals surface area contributed by atoms with E-state index in [2.05, 4.69) is 18.9 Å². The molecule has 0 unspecified atom stereocenters. The number of phenolic OH excluding ortho intramolecular Hbond substituents is 1. The topological polar surface area (TPSA) is 57.2 Å². The molecule has 53 heavy (non-hydrogen) atoms. The van der Waals surface area contributed by atoms with Crippen molar-refractivity contribution in [2.75, 3.05) is 0 Å². The molecule has 276 valence electrons. The van der Waals surface area contributed by atoms with Gasteiger partial charge in [-0.15, -0.1) is 52.7 Å². The first kappa shape index (κ1) is 36.8. The average molecular weight is 759 g/mol. The molecule has 0 saturated heterocycles. The Morgan fingerprint density at radius 3 is 1.21 bits per heavy atom. The van der Waals surface area contributed by atoms with E-state index in [1.54, 1.807) is 36.4 Å². The van der Waals surface area contributed by atoms with Crippen LogP contribution in [0.1, 0.15) is 0 Å². The normalized spacial score (nSPS) is 12.6. The van der Waals surface area contributed by atoms with Crippen LogP contribution in [0, 0.1) is 0 Å². The van der Waals surface area contributed by atoms with Crippen LogP contribution in [-0.2, 0) is 0 Å². The molecular weight excluding hydrogens is 740 g/mol. The van der Waals surface area contributed by atoms with Crippen molar-refractivity contribution in [1.29, 1.82) is 0 Å². The molecule has 1 N–H and O–H groups in total. The first-order valence-corrected chi connectivity index (χ1v) is 14.7. The fraction of sp³-hybridized carbons (Fsp3) is 0.111. The molecule has 5 nitrogen and oxygen atoms in total. The summed E-state index contributed by atoms with van der Waals surface area (Å²) in [7, 11) is 0. The van der Waals surface area contributed by atoms with Crippen LogP contribution >= 0.6 is 0 Å². The molecule has 0 aliphatic heterocycles. The Morgan fingerprint density at radius 2 is 0.755 bits per heavy atom. The molecule has 0 spiro atoms. The number of fused-ring (bicyclic) bond motifs is 2. The maximum atomic E-state index is 13.2. The number of hydrogen-bond donors (Lipinski definition) is 1. The molecule has 0 amide bonds. The van der Waals surface area contributed by atoms with Gasteiger partial charge in [-0.05, 0) is 86.3 Å². The van der Waals surface area contributed by atoms with Crippen molar-refractivity contribution in [2.45, 2.75) is 25.4 Å². The highest BCUT2D eigenvalue weighted by Gasteiger charge is 2.36. The number of phenols is 1. The Labute approximate surface area is 289 Å². The quantitative estimate of drug-likeness (QED) is 0.164. The molecule has 0 heterocycles. The SMILES string of the molecule is Oc1c(-c2cc(OC(F)(F)F)cc(OC(F)(F)F)c2)cc2ccccc2c1-c1cc(-c2cc(OC(F)(F)F)cc(OC(F)(F)F)c2)cc2ccccc12. The van der Waals surface area contributed by atoms with Crippen molar-refractivity contribution in [3.8, 4) is 62.1 Å². The number of ether oxygens (including phenoxy) is 4. The lowest BCUT2D eigenvalue weighted by Crippen LogP contribution is -2.19. The summed E-state index contributed by atoms with van der Waals surface area (Å²) in [4.78, 5) is 0. The molecule has 0 fully saturated rings. The van der Waals surface area contributed by atoms with Gasteiger partial charge in [0.05, 0.1) is 0 Å². The average Bonchev–Trinajstić information content (AvgIpc) is 3.00. The zero-order valence-electron chi connectivity index (χ0n) is 25.9. The van der Waals surface area contributed by atoms with Crippen LogP contribution in [0.3, 0.4) is 0 Å². The van der Waals surface area contributed by atoms with Crippen molar-refractivity contribution < 1.29 is 76.7 Å². The van der Waals surface area contributed by atoms with Gasteiger partial charge in [-0.2, -0.15) is 0 Å². The summed E-state index contributed by atoms with van der Waals surface area (Å²) in [6, 6.07) is 20.2. The van der Waals surface area contributed by atoms with Crippen molar-refractivity contribution in [2.24, 2.45) is 0 Å². The van der Waals surface area contributed by atoms with Crippen LogP contribution in [0.5, 0.6) is 28.7 Å². The lowest BCUT2D eigenvalue weighted by atomic mass is 9.87. The summed E-state index contributed by atoms with van der Waals surface area (Å²) in [6.45, 7) is 0. The van der Waals surface area contributed by atoms with Crippen LogP contribution in [0.15, 0.2) is 103 Å². The Balaban J connectivity index is 1.63. The number of aromatic hydroxyl groups is 1. The largest absolute Gasteiger partial charge is 0.573 e. The van der Waals surface area contributed by atoms with Crippen molar-refractivity contribution in [3.05, 3.63) is 103 Å². The first-order chi connectivity index (χ1) is 24.6. The fourth-order valence-corrected chi connectivity index (χ4v) is 5.75. The Morgan fingerprint density at radius 1 is 0.377 bits per heavy atom. The number of rotatable bonds is 7. The van der Waals surface area contributed by atoms with Crippen LogP contribution in [0.2, 0.25) is 0 Å². The molecule has 6 aromatic carbocycles. The van der Waals surface area contributed by atoms with E-state index >= 15 is 0 Å². The molecule has 0 aliphatic rings. The van der Waals surface area contributed by atoms with E-state index < -0.39 is 59.8 Å². The maximum Gasteiger partial charge on any atom is 0.573 e. The van der Waals surface area contributed by atoms with Gasteiger partial charge in [-0.25, -0.2) is 0 Å². The maximum absolute atomic E-state index is 13.2. The second kappa shape index (κ2) is 13.2. The molecule has 17 heteroatoms. The third kappa shape index (κ3) is 8.91. The van der Waals surface area contributed by atoms with E-state index in [4.69, 9.17) is 0 Å². The zero-order valence-corrected chi connectivity index (χ0v) is 25.9. The van der Waals surface area contributed by atoms with Gasteiger partial charge in [0, 0.05) is 23.3 Å². The highest BCUT2D eigenvalue weighted by atomic mass is 19.4. The molecule has 0 atom stereocenters. The van der Waals surface area contributed by atoms with E-state index in [9.17, 15) is 57.8 Å². The Kier molecular flexibility index (Phi) is 9.16. The van der Waals surface area contributed by atoms with Gasteiger partial charge in [0.1, 0.15) is 28.7 Å². The number of hydrogen-bond acceptors (Lipinski definition) is 5. The first-order valence-electron chi connectivity index (χ1n) is 14.7. The lowest BCUT2D eigenvalue weighted by Gasteiger charge is -2.19. The lowest BCUT2D eigenvalue weighted by molar-refractivity contribution is -0.278. The minimum Gasteiger partial charge on any atom is -0.507 e. The van der Waals surface area contributed by atoms with Crippen LogP contribution in [-0.4, -0.2) is 30.6 Å². The summed E-state index contributed by atoms with van der Waals surface area (Å²) in [5.74, 6) is -5.03. The van der Waals surface area contributed by atoms with E-state index in [1.165, 1.54) is 30.3 Å². The van der Waals surface area contributed by atoms with E-state index in [0.29, 0.717) is 45.8 Å². The van der Waals surface area contributed by atoms with E-state index in [0.717, 1.165) is 12.1 Å². The van der Waals surface area contributed by atoms with E-state index in [1.807, 2.05) is 0 Å². The Hall–Kier alpha value is -6.00. The van der Waals surface area contributed by atoms with Gasteiger partial charge in [-0.3, -0.25) is 0 Å². The molecular formula is C36H18F12O5. The third-order valence-corrected chi connectivity index (χ3v) is 7.49. The van der Waals surface area contributed by atoms with Gasteiger partial charge in [0.25, 0.3) is 0 Å². The molecule has 6 rings (SSSR count). The van der Waals surface area contributed by atoms with Gasteiger partial charge in [0.15, 0.2) is 0 Å².